The molecule has 0 radical (unpaired) electrons. The van der Waals surface area contributed by atoms with Gasteiger partial charge in [-0.25, -0.2) is 0 Å². The molecule has 4 rings (SSSR count). The zero-order valence-electron chi connectivity index (χ0n) is 23.2. The van der Waals surface area contributed by atoms with E-state index in [0.29, 0.717) is 29.2 Å². The van der Waals surface area contributed by atoms with Crippen LogP contribution in [0.15, 0.2) is 94.2 Å². The number of benzene rings is 2. The van der Waals surface area contributed by atoms with E-state index in [2.05, 4.69) is 0 Å². The molecule has 2 atom stereocenters. The van der Waals surface area contributed by atoms with E-state index in [1.165, 1.54) is 63.4 Å². The van der Waals surface area contributed by atoms with Gasteiger partial charge in [0.05, 0.1) is 26.9 Å². The van der Waals surface area contributed by atoms with Gasteiger partial charge in [-0.05, 0) is 18.6 Å². The fraction of sp³-hybridized carbons (Fsp3) is 0.219. The highest BCUT2D eigenvalue weighted by Gasteiger charge is 2.65. The molecule has 0 amide bonds. The average Bonchev–Trinajstić information content (AvgIpc) is 3.62. The van der Waals surface area contributed by atoms with Crippen LogP contribution < -0.4 is 14.2 Å². The molecular formula is C32H24F3N3O4S. The summed E-state index contributed by atoms with van der Waals surface area (Å²) in [5.41, 5.74) is -4.44. The van der Waals surface area contributed by atoms with Crippen molar-refractivity contribution in [2.75, 3.05) is 21.3 Å². The smallest absolute Gasteiger partial charge is 0.437 e. The van der Waals surface area contributed by atoms with E-state index < -0.39 is 34.3 Å². The zero-order chi connectivity index (χ0) is 31.2. The predicted molar refractivity (Wildman–Crippen MR) is 155 cm³/mol. The van der Waals surface area contributed by atoms with Crippen molar-refractivity contribution in [2.24, 2.45) is 0 Å². The van der Waals surface area contributed by atoms with Crippen LogP contribution in [0.25, 0.3) is 6.08 Å². The Kier molecular flexibility index (Phi) is 9.24. The third kappa shape index (κ3) is 5.83. The lowest BCUT2D eigenvalue weighted by atomic mass is 9.83. The van der Waals surface area contributed by atoms with Crippen LogP contribution in [0.1, 0.15) is 17.5 Å². The fourth-order valence-corrected chi connectivity index (χ4v) is 5.77. The molecule has 0 saturated heterocycles. The highest BCUT2D eigenvalue weighted by molar-refractivity contribution is 8.04. The molecule has 7 nitrogen and oxygen atoms in total. The van der Waals surface area contributed by atoms with Gasteiger partial charge in [-0.1, -0.05) is 48.6 Å². The summed E-state index contributed by atoms with van der Waals surface area (Å²) in [6.45, 7) is 0. The third-order valence-corrected chi connectivity index (χ3v) is 7.98. The summed E-state index contributed by atoms with van der Waals surface area (Å²) in [7, 11) is 4.59. The molecule has 0 fully saturated rings. The molecule has 0 saturated carbocycles. The van der Waals surface area contributed by atoms with Gasteiger partial charge in [0.2, 0.25) is 0 Å². The Morgan fingerprint density at radius 1 is 0.977 bits per heavy atom. The number of thioether (sulfide) groups is 1. The normalized spacial score (nSPS) is 19.9. The van der Waals surface area contributed by atoms with Crippen LogP contribution in [0.4, 0.5) is 13.2 Å². The predicted octanol–water partition coefficient (Wildman–Crippen LogP) is 7.28. The van der Waals surface area contributed by atoms with E-state index in [-0.39, 0.29) is 10.8 Å². The molecule has 0 spiro atoms. The lowest BCUT2D eigenvalue weighted by molar-refractivity contribution is -0.249. The van der Waals surface area contributed by atoms with Crippen molar-refractivity contribution in [3.8, 4) is 35.5 Å². The van der Waals surface area contributed by atoms with Gasteiger partial charge < -0.3 is 18.9 Å². The summed E-state index contributed by atoms with van der Waals surface area (Å²) in [6.07, 6.45) is 3.84. The third-order valence-electron chi connectivity index (χ3n) is 6.76. The number of rotatable bonds is 8. The standard InChI is InChI=1S/C32H24F3N3O4S/c1-39-22-15-28(40-2)25(29(16-22)41-3)13-11-23-9-10-24(43-23)12-14-27-26(19-38)30(20(17-36)18-37)42-31(27,32(33,34)35)21-7-5-4-6-8-21/h4-9,11-16,24H,10H2,1-3H3/b13-11+,14-12+. The van der Waals surface area contributed by atoms with Crippen LogP contribution in [-0.4, -0.2) is 32.8 Å². The lowest BCUT2D eigenvalue weighted by Crippen LogP contribution is -2.43. The first kappa shape index (κ1) is 30.9. The van der Waals surface area contributed by atoms with Crippen LogP contribution in [0.3, 0.4) is 0 Å². The van der Waals surface area contributed by atoms with E-state index in [9.17, 15) is 29.0 Å². The SMILES string of the molecule is COc1cc(OC)c(/C=C/C2=CCC(/C=C/C3=C(C#N)C(=C(C#N)C#N)OC3(c3ccccc3)C(F)(F)F)S2)c(OC)c1. The molecule has 2 heterocycles. The second-order valence-corrected chi connectivity index (χ2v) is 10.4. The number of hydrogen-bond donors (Lipinski definition) is 0. The maximum atomic E-state index is 15.0. The summed E-state index contributed by atoms with van der Waals surface area (Å²) in [5.74, 6) is 0.934. The van der Waals surface area contributed by atoms with Gasteiger partial charge in [0, 0.05) is 33.4 Å². The first-order valence-corrected chi connectivity index (χ1v) is 13.6. The number of halogens is 3. The highest BCUT2D eigenvalue weighted by atomic mass is 32.2. The molecule has 43 heavy (non-hydrogen) atoms. The van der Waals surface area contributed by atoms with E-state index in [1.54, 1.807) is 42.5 Å². The van der Waals surface area contributed by atoms with Gasteiger partial charge in [0.15, 0.2) is 11.3 Å². The molecule has 2 aliphatic rings. The van der Waals surface area contributed by atoms with Crippen molar-refractivity contribution in [3.63, 3.8) is 0 Å². The Bertz CT molecular complexity index is 1650. The molecular weight excluding hydrogens is 579 g/mol. The Balaban J connectivity index is 1.70. The molecule has 11 heteroatoms. The summed E-state index contributed by atoms with van der Waals surface area (Å²) in [5, 5.41) is 28.5. The molecule has 0 bridgehead atoms. The number of nitriles is 3. The minimum absolute atomic E-state index is 0.270. The number of allylic oxidation sites excluding steroid dienone is 4. The summed E-state index contributed by atoms with van der Waals surface area (Å²) in [6, 6.07) is 15.1. The number of hydrogen-bond acceptors (Lipinski definition) is 8. The maximum absolute atomic E-state index is 15.0. The molecule has 0 N–H and O–H groups in total. The van der Waals surface area contributed by atoms with Crippen LogP contribution in [-0.2, 0) is 10.3 Å². The summed E-state index contributed by atoms with van der Waals surface area (Å²) >= 11 is 1.41. The highest BCUT2D eigenvalue weighted by Crippen LogP contribution is 2.56. The molecule has 2 unspecified atom stereocenters. The fourth-order valence-electron chi connectivity index (χ4n) is 4.73. The minimum Gasteiger partial charge on any atom is -0.496 e. The Morgan fingerprint density at radius 2 is 1.63 bits per heavy atom. The van der Waals surface area contributed by atoms with Crippen LogP contribution in [0.5, 0.6) is 17.2 Å². The molecule has 0 aromatic heterocycles. The van der Waals surface area contributed by atoms with Crippen molar-refractivity contribution in [3.05, 3.63) is 105 Å². The molecule has 218 valence electrons. The van der Waals surface area contributed by atoms with Crippen molar-refractivity contribution >= 4 is 17.8 Å². The van der Waals surface area contributed by atoms with Crippen LogP contribution >= 0.6 is 11.8 Å². The lowest BCUT2D eigenvalue weighted by Gasteiger charge is -2.33. The van der Waals surface area contributed by atoms with E-state index in [4.69, 9.17) is 18.9 Å². The second-order valence-electron chi connectivity index (χ2n) is 9.11. The Hall–Kier alpha value is -5.05. The average molecular weight is 604 g/mol. The Labute approximate surface area is 251 Å². The quantitative estimate of drug-likeness (QED) is 0.290. The van der Waals surface area contributed by atoms with Crippen LogP contribution in [0, 0.1) is 34.0 Å². The zero-order valence-corrected chi connectivity index (χ0v) is 24.0. The van der Waals surface area contributed by atoms with Gasteiger partial charge in [0.1, 0.15) is 41.0 Å². The molecule has 2 aromatic carbocycles. The van der Waals surface area contributed by atoms with E-state index in [1.807, 2.05) is 18.2 Å². The van der Waals surface area contributed by atoms with Crippen molar-refractivity contribution in [1.29, 1.82) is 15.8 Å². The van der Waals surface area contributed by atoms with E-state index >= 15 is 0 Å². The van der Waals surface area contributed by atoms with Crippen molar-refractivity contribution in [2.45, 2.75) is 23.4 Å². The van der Waals surface area contributed by atoms with Crippen molar-refractivity contribution < 1.29 is 32.1 Å². The van der Waals surface area contributed by atoms with Gasteiger partial charge >= 0.3 is 6.18 Å². The minimum atomic E-state index is -5.04. The second kappa shape index (κ2) is 12.9. The van der Waals surface area contributed by atoms with Gasteiger partial charge in [-0.15, -0.1) is 11.8 Å². The van der Waals surface area contributed by atoms with E-state index in [0.717, 1.165) is 4.91 Å². The van der Waals surface area contributed by atoms with Crippen LogP contribution in [0.2, 0.25) is 0 Å². The monoisotopic (exact) mass is 603 g/mol. The molecule has 0 aliphatic carbocycles. The number of nitrogens with zero attached hydrogens (tertiary/aromatic N) is 3. The first-order valence-electron chi connectivity index (χ1n) is 12.7. The number of ether oxygens (including phenoxy) is 4. The van der Waals surface area contributed by atoms with Gasteiger partial charge in [-0.3, -0.25) is 0 Å². The maximum Gasteiger partial charge on any atom is 0.437 e. The first-order chi connectivity index (χ1) is 20.7. The molecule has 2 aromatic rings. The topological polar surface area (TPSA) is 108 Å². The van der Waals surface area contributed by atoms with Gasteiger partial charge in [-0.2, -0.15) is 29.0 Å². The Morgan fingerprint density at radius 3 is 2.16 bits per heavy atom. The number of alkyl halides is 3. The molecule has 2 aliphatic heterocycles. The van der Waals surface area contributed by atoms with Crippen molar-refractivity contribution in [1.82, 2.24) is 0 Å². The summed E-state index contributed by atoms with van der Waals surface area (Å²) < 4.78 is 66.6. The van der Waals surface area contributed by atoms with Gasteiger partial charge in [0.25, 0.3) is 5.60 Å². The summed E-state index contributed by atoms with van der Waals surface area (Å²) in [4.78, 5) is 0.855. The number of methoxy groups -OCH3 is 3. The largest absolute Gasteiger partial charge is 0.496 e.